The first-order valence-electron chi connectivity index (χ1n) is 12.9. The summed E-state index contributed by atoms with van der Waals surface area (Å²) in [6.45, 7) is 17.9. The maximum Gasteiger partial charge on any atom is 0.243 e. The van der Waals surface area contributed by atoms with Crippen molar-refractivity contribution in [1.29, 1.82) is 0 Å². The molecule has 7 heteroatoms. The van der Waals surface area contributed by atoms with Crippen molar-refractivity contribution < 1.29 is 9.30 Å². The molecule has 2 aromatic rings. The first kappa shape index (κ1) is 27.0. The summed E-state index contributed by atoms with van der Waals surface area (Å²) in [5, 5.41) is -0.0176. The van der Waals surface area contributed by atoms with Crippen LogP contribution in [0.1, 0.15) is 50.7 Å². The van der Waals surface area contributed by atoms with Gasteiger partial charge in [0.25, 0.3) is 0 Å². The van der Waals surface area contributed by atoms with Gasteiger partial charge in [-0.3, -0.25) is 0 Å². The van der Waals surface area contributed by atoms with Crippen LogP contribution in [0.3, 0.4) is 0 Å². The fourth-order valence-corrected chi connectivity index (χ4v) is 5.77. The Hall–Kier alpha value is -1.58. The number of nitrogen functional groups attached to an aromatic ring is 1. The van der Waals surface area contributed by atoms with E-state index in [4.69, 9.17) is 10.5 Å². The minimum absolute atomic E-state index is 0.0176. The van der Waals surface area contributed by atoms with Gasteiger partial charge >= 0.3 is 0 Å². The molecule has 1 aliphatic rings. The molecule has 1 aromatic carbocycles. The summed E-state index contributed by atoms with van der Waals surface area (Å²) in [5.41, 5.74) is 11.7. The van der Waals surface area contributed by atoms with Gasteiger partial charge in [-0.25, -0.2) is 9.13 Å². The van der Waals surface area contributed by atoms with E-state index in [2.05, 4.69) is 103 Å². The number of hydrogen-bond donors (Lipinski definition) is 1. The Morgan fingerprint density at radius 3 is 2.65 bits per heavy atom. The molecule has 1 saturated heterocycles. The number of nitrogens with two attached hydrogens (primary N) is 1. The van der Waals surface area contributed by atoms with Crippen LogP contribution in [-0.4, -0.2) is 48.7 Å². The van der Waals surface area contributed by atoms with Crippen LogP contribution in [0.25, 0.3) is 0 Å². The van der Waals surface area contributed by atoms with Crippen molar-refractivity contribution in [2.45, 2.75) is 89.3 Å². The number of imidazole rings is 1. The maximum absolute atomic E-state index is 6.78. The van der Waals surface area contributed by atoms with Gasteiger partial charge in [0, 0.05) is 49.2 Å². The van der Waals surface area contributed by atoms with Crippen molar-refractivity contribution in [3.63, 3.8) is 0 Å². The third-order valence-electron chi connectivity index (χ3n) is 7.22. The molecule has 3 rings (SSSR count). The minimum atomic E-state index is -1.15. The second-order valence-electron chi connectivity index (χ2n) is 12.0. The number of aryl methyl sites for hydroxylation is 3. The zero-order valence-corrected chi connectivity index (χ0v) is 24.5. The molecule has 2 atom stereocenters. The van der Waals surface area contributed by atoms with Gasteiger partial charge in [0.05, 0.1) is 26.3 Å². The highest BCUT2D eigenvalue weighted by atomic mass is 28.3. The highest BCUT2D eigenvalue weighted by Gasteiger charge is 2.28. The number of ether oxygens (including phenoxy) is 1. The zero-order chi connectivity index (χ0) is 25.1. The third kappa shape index (κ3) is 7.46. The molecule has 0 bridgehead atoms. The SMILES string of the molecule is CC(c1cc(N2CCC(OCCCn3cc[n+](C)c3)C2)cc(CC[Si](C)(C)C)c1N)C(C)(C)[Si]. The van der Waals surface area contributed by atoms with Gasteiger partial charge in [0.2, 0.25) is 6.33 Å². The van der Waals surface area contributed by atoms with E-state index in [-0.39, 0.29) is 5.04 Å². The van der Waals surface area contributed by atoms with E-state index in [9.17, 15) is 0 Å². The van der Waals surface area contributed by atoms with E-state index < -0.39 is 8.07 Å². The van der Waals surface area contributed by atoms with E-state index in [0.29, 0.717) is 12.0 Å². The first-order valence-corrected chi connectivity index (χ1v) is 17.1. The molecule has 2 heterocycles. The van der Waals surface area contributed by atoms with E-state index in [1.54, 1.807) is 0 Å². The summed E-state index contributed by atoms with van der Waals surface area (Å²) >= 11 is 0. The minimum Gasteiger partial charge on any atom is -0.398 e. The molecule has 0 aliphatic carbocycles. The normalized spacial score (nSPS) is 18.0. The molecule has 2 unspecified atom stereocenters. The maximum atomic E-state index is 6.78. The average Bonchev–Trinajstić information content (AvgIpc) is 3.37. The van der Waals surface area contributed by atoms with Crippen LogP contribution >= 0.6 is 0 Å². The summed E-state index contributed by atoms with van der Waals surface area (Å²) in [5.74, 6) is 0.319. The van der Waals surface area contributed by atoms with E-state index in [1.807, 2.05) is 0 Å². The standard InChI is InChI=1S/C27H46N4OSi2/c1-21(27(2,3)33)25-18-23(17-22(26(25)28)10-16-34(5,6)7)31-12-9-24(19-31)32-15-8-11-30-14-13-29(4)20-30/h13-14,17-18,20-21,24H,8-12,15-16,19,28H2,1-7H3/q+1. The monoisotopic (exact) mass is 498 g/mol. The Morgan fingerprint density at radius 2 is 2.03 bits per heavy atom. The first-order chi connectivity index (χ1) is 15.8. The highest BCUT2D eigenvalue weighted by molar-refractivity contribution is 6.76. The quantitative estimate of drug-likeness (QED) is 0.207. The van der Waals surface area contributed by atoms with Crippen molar-refractivity contribution in [3.8, 4) is 0 Å². The Bertz CT molecular complexity index is 945. The van der Waals surface area contributed by atoms with Crippen molar-refractivity contribution in [1.82, 2.24) is 4.57 Å². The lowest BCUT2D eigenvalue weighted by atomic mass is 9.86. The van der Waals surface area contributed by atoms with Crippen molar-refractivity contribution >= 4 is 29.7 Å². The fraction of sp³-hybridized carbons (Fsp3) is 0.667. The molecule has 34 heavy (non-hydrogen) atoms. The van der Waals surface area contributed by atoms with E-state index >= 15 is 0 Å². The zero-order valence-electron chi connectivity index (χ0n) is 22.5. The number of benzene rings is 1. The van der Waals surface area contributed by atoms with Crippen molar-refractivity contribution in [2.24, 2.45) is 7.05 Å². The Balaban J connectivity index is 1.68. The number of hydrogen-bond acceptors (Lipinski definition) is 3. The Morgan fingerprint density at radius 1 is 1.29 bits per heavy atom. The molecule has 2 N–H and O–H groups in total. The fourth-order valence-electron chi connectivity index (χ4n) is 4.60. The topological polar surface area (TPSA) is 47.3 Å². The molecule has 0 saturated carbocycles. The second-order valence-corrected chi connectivity index (χ2v) is 18.9. The van der Waals surface area contributed by atoms with Crippen molar-refractivity contribution in [3.05, 3.63) is 42.0 Å². The van der Waals surface area contributed by atoms with Gasteiger partial charge in [-0.1, -0.05) is 46.5 Å². The number of anilines is 2. The predicted molar refractivity (Wildman–Crippen MR) is 148 cm³/mol. The summed E-state index contributed by atoms with van der Waals surface area (Å²) in [6, 6.07) is 5.96. The summed E-state index contributed by atoms with van der Waals surface area (Å²) < 4.78 is 10.6. The molecule has 187 valence electrons. The largest absolute Gasteiger partial charge is 0.398 e. The molecule has 5 nitrogen and oxygen atoms in total. The van der Waals surface area contributed by atoms with Crippen LogP contribution in [0.15, 0.2) is 30.9 Å². The number of nitrogens with zero attached hydrogens (tertiary/aromatic N) is 3. The van der Waals surface area contributed by atoms with Crippen LogP contribution in [0.4, 0.5) is 11.4 Å². The van der Waals surface area contributed by atoms with Gasteiger partial charge in [-0.05, 0) is 47.1 Å². The predicted octanol–water partition coefficient (Wildman–Crippen LogP) is 4.93. The lowest BCUT2D eigenvalue weighted by Crippen LogP contribution is -2.25. The molecule has 0 spiro atoms. The van der Waals surface area contributed by atoms with Gasteiger partial charge in [0.1, 0.15) is 12.4 Å². The molecule has 0 amide bonds. The van der Waals surface area contributed by atoms with Gasteiger partial charge in [-0.15, -0.1) is 0 Å². The Kier molecular flexibility index (Phi) is 8.74. The molecule has 1 aromatic heterocycles. The van der Waals surface area contributed by atoms with Crippen molar-refractivity contribution in [2.75, 3.05) is 30.3 Å². The number of rotatable bonds is 11. The van der Waals surface area contributed by atoms with Gasteiger partial charge in [-0.2, -0.15) is 0 Å². The van der Waals surface area contributed by atoms with Crippen LogP contribution in [0, 0.1) is 0 Å². The molecular formula is C27H46N4OSi2+. The lowest BCUT2D eigenvalue weighted by molar-refractivity contribution is -0.671. The highest BCUT2D eigenvalue weighted by Crippen LogP contribution is 2.43. The van der Waals surface area contributed by atoms with Gasteiger partial charge in [0.15, 0.2) is 0 Å². The van der Waals surface area contributed by atoms with Crippen LogP contribution < -0.4 is 15.2 Å². The molecular weight excluding hydrogens is 452 g/mol. The lowest BCUT2D eigenvalue weighted by Gasteiger charge is -2.31. The van der Waals surface area contributed by atoms with Crippen LogP contribution in [0.5, 0.6) is 0 Å². The Labute approximate surface area is 212 Å². The average molecular weight is 499 g/mol. The molecule has 1 fully saturated rings. The number of aromatic nitrogens is 2. The van der Waals surface area contributed by atoms with Crippen LogP contribution in [-0.2, 0) is 24.8 Å². The smallest absolute Gasteiger partial charge is 0.243 e. The molecule has 3 radical (unpaired) electrons. The van der Waals surface area contributed by atoms with E-state index in [0.717, 1.165) is 51.2 Å². The summed E-state index contributed by atoms with van der Waals surface area (Å²) in [7, 11) is 4.86. The third-order valence-corrected chi connectivity index (χ3v) is 9.41. The summed E-state index contributed by atoms with van der Waals surface area (Å²) in [6.07, 6.45) is 9.80. The second kappa shape index (κ2) is 11.0. The summed E-state index contributed by atoms with van der Waals surface area (Å²) in [4.78, 5) is 2.50. The van der Waals surface area contributed by atoms with Gasteiger partial charge < -0.3 is 15.4 Å². The van der Waals surface area contributed by atoms with Crippen LogP contribution in [0.2, 0.25) is 30.7 Å². The van der Waals surface area contributed by atoms with E-state index in [1.165, 1.54) is 22.9 Å². The molecule has 1 aliphatic heterocycles.